The first kappa shape index (κ1) is 11.7. The fourth-order valence-corrected chi connectivity index (χ4v) is 1.37. The largest absolute Gasteiger partial charge is 0.495 e. The number of hydrogen-bond acceptors (Lipinski definition) is 5. The smallest absolute Gasteiger partial charge is 0.352 e. The number of cyclic esters (lactones) is 1. The van der Waals surface area contributed by atoms with E-state index in [0.717, 1.165) is 0 Å². The summed E-state index contributed by atoms with van der Waals surface area (Å²) in [4.78, 5) is 21.8. The number of carbonyl (C=O) groups excluding carboxylic acids is 2. The van der Waals surface area contributed by atoms with E-state index in [0.29, 0.717) is 0 Å². The number of hydrogen-bond donors (Lipinski definition) is 3. The first-order chi connectivity index (χ1) is 6.86. The molecule has 0 aromatic heterocycles. The van der Waals surface area contributed by atoms with Crippen LogP contribution in [0.5, 0.6) is 0 Å². The van der Waals surface area contributed by atoms with Crippen molar-refractivity contribution in [3.8, 4) is 0 Å². The Morgan fingerprint density at radius 2 is 1.93 bits per heavy atom. The highest BCUT2D eigenvalue weighted by atomic mass is 35.5. The van der Waals surface area contributed by atoms with Crippen LogP contribution in [0, 0.1) is 0 Å². The van der Waals surface area contributed by atoms with Crippen LogP contribution in [0.15, 0.2) is 21.5 Å². The molecule has 0 saturated carbocycles. The number of carbonyl (C=O) groups is 2. The molecule has 8 heteroatoms. The maximum absolute atomic E-state index is 11.0. The van der Waals surface area contributed by atoms with E-state index >= 15 is 0 Å². The van der Waals surface area contributed by atoms with Crippen LogP contribution < -0.4 is 11.5 Å². The van der Waals surface area contributed by atoms with Gasteiger partial charge in [0.2, 0.25) is 0 Å². The Balaban J connectivity index is 3.17. The van der Waals surface area contributed by atoms with E-state index in [1.165, 1.54) is 0 Å². The molecule has 0 radical (unpaired) electrons. The number of rotatable bonds is 2. The summed E-state index contributed by atoms with van der Waals surface area (Å²) in [6.07, 6.45) is -1.34. The van der Waals surface area contributed by atoms with Crippen molar-refractivity contribution in [1.82, 2.24) is 0 Å². The van der Waals surface area contributed by atoms with Crippen molar-refractivity contribution in [2.75, 3.05) is 0 Å². The molecule has 0 bridgehead atoms. The van der Waals surface area contributed by atoms with Gasteiger partial charge in [-0.15, -0.1) is 0 Å². The van der Waals surface area contributed by atoms with Gasteiger partial charge >= 0.3 is 5.97 Å². The number of esters is 1. The van der Waals surface area contributed by atoms with E-state index in [4.69, 9.17) is 39.8 Å². The standard InChI is InChI=1S/C7H6Cl2N2O4/c8-2-3(9)7(14)15-4(2)1(5(10)12)6(11)13/h4,12H,10H2,(H2,11,13)/b5-1+. The topological polar surface area (TPSA) is 116 Å². The van der Waals surface area contributed by atoms with Gasteiger partial charge < -0.3 is 21.3 Å². The van der Waals surface area contributed by atoms with Crippen molar-refractivity contribution in [1.29, 1.82) is 0 Å². The summed E-state index contributed by atoms with van der Waals surface area (Å²) in [5.74, 6) is -2.84. The molecule has 6 nitrogen and oxygen atoms in total. The molecule has 82 valence electrons. The van der Waals surface area contributed by atoms with E-state index in [-0.39, 0.29) is 10.1 Å². The van der Waals surface area contributed by atoms with Crippen LogP contribution in [0.3, 0.4) is 0 Å². The highest BCUT2D eigenvalue weighted by Gasteiger charge is 2.38. The quantitative estimate of drug-likeness (QED) is 0.358. The summed E-state index contributed by atoms with van der Waals surface area (Å²) >= 11 is 11.0. The molecule has 0 saturated heterocycles. The predicted molar refractivity (Wildman–Crippen MR) is 51.6 cm³/mol. The maximum Gasteiger partial charge on any atom is 0.352 e. The lowest BCUT2D eigenvalue weighted by molar-refractivity contribution is -0.138. The summed E-state index contributed by atoms with van der Waals surface area (Å²) in [5, 5.41) is 8.36. The fraction of sp³-hybridized carbons (Fsp3) is 0.143. The van der Waals surface area contributed by atoms with Crippen LogP contribution in [0.4, 0.5) is 0 Å². The first-order valence-corrected chi connectivity index (χ1v) is 4.36. The van der Waals surface area contributed by atoms with E-state index in [1.807, 2.05) is 0 Å². The Morgan fingerprint density at radius 1 is 1.40 bits per heavy atom. The molecule has 0 aromatic carbocycles. The Hall–Kier alpha value is -1.40. The molecule has 1 amide bonds. The highest BCUT2D eigenvalue weighted by molar-refractivity contribution is 6.49. The minimum absolute atomic E-state index is 0.243. The Kier molecular flexibility index (Phi) is 3.11. The number of halogens is 2. The van der Waals surface area contributed by atoms with Gasteiger partial charge in [0, 0.05) is 0 Å². The van der Waals surface area contributed by atoms with Crippen molar-refractivity contribution in [3.05, 3.63) is 21.5 Å². The molecule has 0 fully saturated rings. The summed E-state index contributed by atoms with van der Waals surface area (Å²) in [6.45, 7) is 0. The molecule has 1 aliphatic heterocycles. The molecule has 1 rings (SSSR count). The normalized spacial score (nSPS) is 22.5. The summed E-state index contributed by atoms with van der Waals surface area (Å²) in [5.41, 5.74) is 9.40. The van der Waals surface area contributed by atoms with Crippen LogP contribution in [-0.2, 0) is 14.3 Å². The van der Waals surface area contributed by atoms with Gasteiger partial charge in [0.05, 0.1) is 5.03 Å². The molecule has 0 spiro atoms. The number of aliphatic hydroxyl groups excluding tert-OH is 1. The first-order valence-electron chi connectivity index (χ1n) is 3.60. The predicted octanol–water partition coefficient (Wildman–Crippen LogP) is -0.185. The van der Waals surface area contributed by atoms with Crippen LogP contribution >= 0.6 is 23.2 Å². The van der Waals surface area contributed by atoms with Crippen molar-refractivity contribution in [3.63, 3.8) is 0 Å². The van der Waals surface area contributed by atoms with Gasteiger partial charge in [0.1, 0.15) is 10.6 Å². The number of primary amides is 1. The van der Waals surface area contributed by atoms with Crippen LogP contribution in [0.2, 0.25) is 0 Å². The summed E-state index contributed by atoms with van der Waals surface area (Å²) in [6, 6.07) is 0. The zero-order chi connectivity index (χ0) is 11.7. The van der Waals surface area contributed by atoms with Crippen molar-refractivity contribution >= 4 is 35.1 Å². The van der Waals surface area contributed by atoms with Crippen LogP contribution in [-0.4, -0.2) is 23.1 Å². The minimum Gasteiger partial charge on any atom is -0.495 e. The molecule has 1 aliphatic rings. The molecular formula is C7H6Cl2N2O4. The van der Waals surface area contributed by atoms with Crippen molar-refractivity contribution in [2.45, 2.75) is 6.10 Å². The number of aliphatic hydroxyl groups is 1. The average molecular weight is 253 g/mol. The third-order valence-electron chi connectivity index (χ3n) is 1.65. The molecule has 0 aliphatic carbocycles. The SMILES string of the molecule is NC(=O)/C(=C(\N)O)C1OC(=O)C(Cl)=C1Cl. The van der Waals surface area contributed by atoms with E-state index in [9.17, 15) is 9.59 Å². The molecule has 15 heavy (non-hydrogen) atoms. The van der Waals surface area contributed by atoms with Crippen molar-refractivity contribution < 1.29 is 19.4 Å². The zero-order valence-electron chi connectivity index (χ0n) is 7.16. The van der Waals surface area contributed by atoms with Gasteiger partial charge in [0.25, 0.3) is 5.91 Å². The van der Waals surface area contributed by atoms with Gasteiger partial charge in [-0.3, -0.25) is 4.79 Å². The second-order valence-corrected chi connectivity index (χ2v) is 3.40. The minimum atomic E-state index is -1.34. The van der Waals surface area contributed by atoms with Crippen LogP contribution in [0.25, 0.3) is 0 Å². The third-order valence-corrected chi connectivity index (χ3v) is 2.49. The highest BCUT2D eigenvalue weighted by Crippen LogP contribution is 2.32. The lowest BCUT2D eigenvalue weighted by Crippen LogP contribution is -2.29. The Bertz CT molecular complexity index is 398. The van der Waals surface area contributed by atoms with E-state index < -0.39 is 29.4 Å². The molecule has 0 aromatic rings. The number of amides is 1. The monoisotopic (exact) mass is 252 g/mol. The van der Waals surface area contributed by atoms with Gasteiger partial charge in [0.15, 0.2) is 12.0 Å². The molecule has 1 heterocycles. The van der Waals surface area contributed by atoms with Crippen LogP contribution in [0.1, 0.15) is 0 Å². The second kappa shape index (κ2) is 4.00. The lowest BCUT2D eigenvalue weighted by atomic mass is 10.1. The van der Waals surface area contributed by atoms with Gasteiger partial charge in [-0.2, -0.15) is 0 Å². The van der Waals surface area contributed by atoms with Gasteiger partial charge in [-0.25, -0.2) is 4.79 Å². The molecule has 1 unspecified atom stereocenters. The molecular weight excluding hydrogens is 247 g/mol. The zero-order valence-corrected chi connectivity index (χ0v) is 8.67. The van der Waals surface area contributed by atoms with Gasteiger partial charge in [-0.05, 0) is 0 Å². The second-order valence-electron chi connectivity index (χ2n) is 2.61. The summed E-state index contributed by atoms with van der Waals surface area (Å²) < 4.78 is 4.60. The van der Waals surface area contributed by atoms with Crippen molar-refractivity contribution in [2.24, 2.45) is 11.5 Å². The number of nitrogens with two attached hydrogens (primary N) is 2. The fourth-order valence-electron chi connectivity index (χ4n) is 0.999. The molecule has 5 N–H and O–H groups in total. The third kappa shape index (κ3) is 2.00. The Morgan fingerprint density at radius 3 is 2.20 bits per heavy atom. The Labute approximate surface area is 94.1 Å². The van der Waals surface area contributed by atoms with Gasteiger partial charge in [-0.1, -0.05) is 23.2 Å². The van der Waals surface area contributed by atoms with E-state index in [2.05, 4.69) is 4.74 Å². The average Bonchev–Trinajstić information content (AvgIpc) is 2.33. The summed E-state index contributed by atoms with van der Waals surface area (Å²) in [7, 11) is 0. The maximum atomic E-state index is 11.0. The lowest BCUT2D eigenvalue weighted by Gasteiger charge is -2.11. The van der Waals surface area contributed by atoms with E-state index in [1.54, 1.807) is 0 Å². The number of ether oxygens (including phenoxy) is 1. The molecule has 1 atom stereocenters.